The number of fused-ring (bicyclic) bond motifs is 10. The molecule has 74 heavy (non-hydrogen) atoms. The van der Waals surface area contributed by atoms with Crippen LogP contribution in [0.25, 0.3) is 11.1 Å². The average molecular weight is 970 g/mol. The van der Waals surface area contributed by atoms with Gasteiger partial charge in [0.05, 0.1) is 16.8 Å². The van der Waals surface area contributed by atoms with Gasteiger partial charge in [0.25, 0.3) is 6.71 Å². The molecule has 0 fully saturated rings. The summed E-state index contributed by atoms with van der Waals surface area (Å²) in [5, 5.41) is 5.66. The van der Waals surface area contributed by atoms with Gasteiger partial charge in [0.1, 0.15) is 11.5 Å². The van der Waals surface area contributed by atoms with E-state index in [9.17, 15) is 0 Å². The summed E-state index contributed by atoms with van der Waals surface area (Å²) in [6.45, 7) is 14.1. The molecule has 0 aromatic heterocycles. The van der Waals surface area contributed by atoms with E-state index in [-0.39, 0.29) is 6.71 Å². The number of para-hydroxylation sites is 3. The molecule has 3 aliphatic rings. The van der Waals surface area contributed by atoms with Gasteiger partial charge < -0.3 is 9.64 Å². The average Bonchev–Trinajstić information content (AvgIpc) is 3.46. The second-order valence-electron chi connectivity index (χ2n) is 21.6. The molecule has 3 aliphatic heterocycles. The Morgan fingerprint density at radius 2 is 0.892 bits per heavy atom. The Hall–Kier alpha value is -7.92. The summed E-state index contributed by atoms with van der Waals surface area (Å²) in [5.74, 6) is 3.03. The van der Waals surface area contributed by atoms with Crippen LogP contribution in [-0.4, -0.2) is 14.8 Å². The van der Waals surface area contributed by atoms with E-state index in [4.69, 9.17) is 4.74 Å². The minimum absolute atomic E-state index is 0.0447. The summed E-state index contributed by atoms with van der Waals surface area (Å²) in [6.07, 6.45) is 0. The smallest absolute Gasteiger partial charge is 0.251 e. The number of nitrogens with zero attached hydrogens (tertiary/aromatic N) is 1. The van der Waals surface area contributed by atoms with E-state index in [2.05, 4.69) is 283 Å². The van der Waals surface area contributed by atoms with Crippen molar-refractivity contribution in [2.24, 2.45) is 0 Å². The van der Waals surface area contributed by atoms with Crippen molar-refractivity contribution in [2.45, 2.75) is 64.7 Å². The van der Waals surface area contributed by atoms with Gasteiger partial charge in [-0.1, -0.05) is 247 Å². The standard InChI is InChI=1S/C70H60BNOSi/c1-46(2)51-43-55(47(3)4)69(56(44-51)48(5)6)71-61-34-17-20-37-65(61)73-66-45-50(40-41-62(66)71)49-24-23-25-52(42-49)72-63-35-18-13-30-57(63)70(58-31-14-19-36-64(58)72)59-32-15-21-38-67(59)74(53-26-9-7-10-27-53,54-28-11-8-12-29-54)68-39-22-16-33-60(68)70/h7-48H,1-6H3. The van der Waals surface area contributed by atoms with Gasteiger partial charge in [-0.15, -0.1) is 0 Å². The molecule has 2 nitrogen and oxygen atoms in total. The van der Waals surface area contributed by atoms with E-state index in [0.717, 1.165) is 28.3 Å². The lowest BCUT2D eigenvalue weighted by molar-refractivity contribution is 0.487. The summed E-state index contributed by atoms with van der Waals surface area (Å²) < 4.78 is 6.98. The van der Waals surface area contributed by atoms with E-state index in [1.165, 1.54) is 87.5 Å². The van der Waals surface area contributed by atoms with Crippen LogP contribution in [0.5, 0.6) is 11.5 Å². The normalized spacial score (nSPS) is 14.4. The molecule has 0 saturated carbocycles. The first-order valence-electron chi connectivity index (χ1n) is 26.7. The summed E-state index contributed by atoms with van der Waals surface area (Å²) in [4.78, 5) is 2.52. The Morgan fingerprint density at radius 3 is 1.46 bits per heavy atom. The van der Waals surface area contributed by atoms with Crippen molar-refractivity contribution in [3.05, 3.63) is 276 Å². The molecular formula is C70H60BNOSi. The van der Waals surface area contributed by atoms with Crippen molar-refractivity contribution < 1.29 is 4.74 Å². The van der Waals surface area contributed by atoms with Crippen molar-refractivity contribution in [1.29, 1.82) is 0 Å². The minimum atomic E-state index is -2.86. The fraction of sp³-hybridized carbons (Fsp3) is 0.143. The highest BCUT2D eigenvalue weighted by molar-refractivity contribution is 7.20. The molecule has 4 heteroatoms. The van der Waals surface area contributed by atoms with Gasteiger partial charge in [-0.25, -0.2) is 0 Å². The molecule has 0 N–H and O–H groups in total. The largest absolute Gasteiger partial charge is 0.458 e. The summed E-state index contributed by atoms with van der Waals surface area (Å²) in [7, 11) is -2.86. The Morgan fingerprint density at radius 1 is 0.405 bits per heavy atom. The lowest BCUT2D eigenvalue weighted by atomic mass is 9.34. The molecule has 0 bridgehead atoms. The van der Waals surface area contributed by atoms with Crippen molar-refractivity contribution in [1.82, 2.24) is 0 Å². The van der Waals surface area contributed by atoms with Crippen LogP contribution in [0.1, 0.15) is 98.2 Å². The highest BCUT2D eigenvalue weighted by Gasteiger charge is 2.57. The van der Waals surface area contributed by atoms with Gasteiger partial charge in [-0.05, 0) is 136 Å². The fourth-order valence-electron chi connectivity index (χ4n) is 13.5. The molecular weight excluding hydrogens is 910 g/mol. The van der Waals surface area contributed by atoms with Gasteiger partial charge in [0.15, 0.2) is 8.07 Å². The predicted octanol–water partition coefficient (Wildman–Crippen LogP) is 13.2. The third-order valence-corrected chi connectivity index (χ3v) is 21.5. The first-order chi connectivity index (χ1) is 36.2. The lowest BCUT2D eigenvalue weighted by Gasteiger charge is -2.53. The molecule has 0 saturated heterocycles. The molecule has 0 aliphatic carbocycles. The molecule has 10 aromatic carbocycles. The van der Waals surface area contributed by atoms with Gasteiger partial charge in [0, 0.05) is 5.69 Å². The molecule has 358 valence electrons. The second-order valence-corrected chi connectivity index (χ2v) is 25.4. The van der Waals surface area contributed by atoms with Crippen LogP contribution in [0.15, 0.2) is 237 Å². The molecule has 13 rings (SSSR count). The molecule has 0 radical (unpaired) electrons. The van der Waals surface area contributed by atoms with E-state index < -0.39 is 13.5 Å². The maximum atomic E-state index is 6.98. The monoisotopic (exact) mass is 969 g/mol. The van der Waals surface area contributed by atoms with Crippen LogP contribution < -0.4 is 46.8 Å². The zero-order valence-corrected chi connectivity index (χ0v) is 44.2. The number of benzene rings is 10. The number of rotatable bonds is 8. The minimum Gasteiger partial charge on any atom is -0.458 e. The lowest BCUT2D eigenvalue weighted by Crippen LogP contribution is -2.79. The Bertz CT molecular complexity index is 3620. The van der Waals surface area contributed by atoms with Crippen LogP contribution in [0, 0.1) is 0 Å². The van der Waals surface area contributed by atoms with E-state index >= 15 is 0 Å². The quantitative estimate of drug-likeness (QED) is 0.141. The van der Waals surface area contributed by atoms with Crippen molar-refractivity contribution in [3.63, 3.8) is 0 Å². The van der Waals surface area contributed by atoms with E-state index in [1.54, 1.807) is 0 Å². The summed E-state index contributed by atoms with van der Waals surface area (Å²) in [5.41, 5.74) is 18.6. The molecule has 0 atom stereocenters. The first kappa shape index (κ1) is 45.9. The Balaban J connectivity index is 0.981. The third kappa shape index (κ3) is 6.77. The Kier molecular flexibility index (Phi) is 11.1. The maximum Gasteiger partial charge on any atom is 0.251 e. The Labute approximate surface area is 439 Å². The maximum absolute atomic E-state index is 6.98. The highest BCUT2D eigenvalue weighted by atomic mass is 28.3. The topological polar surface area (TPSA) is 12.5 Å². The molecule has 10 aromatic rings. The second kappa shape index (κ2) is 17.9. The van der Waals surface area contributed by atoms with Crippen molar-refractivity contribution in [2.75, 3.05) is 4.90 Å². The van der Waals surface area contributed by atoms with Crippen LogP contribution in [-0.2, 0) is 5.41 Å². The number of hydrogen-bond acceptors (Lipinski definition) is 2. The fourth-order valence-corrected chi connectivity index (χ4v) is 18.7. The van der Waals surface area contributed by atoms with Crippen LogP contribution >= 0.6 is 0 Å². The van der Waals surface area contributed by atoms with E-state index in [0.29, 0.717) is 17.8 Å². The van der Waals surface area contributed by atoms with Crippen molar-refractivity contribution >= 4 is 69.0 Å². The zero-order chi connectivity index (χ0) is 50.3. The molecule has 0 amide bonds. The third-order valence-electron chi connectivity index (χ3n) is 16.7. The van der Waals surface area contributed by atoms with Gasteiger partial charge in [0.2, 0.25) is 0 Å². The van der Waals surface area contributed by atoms with Crippen LogP contribution in [0.4, 0.5) is 17.1 Å². The summed E-state index contributed by atoms with van der Waals surface area (Å²) >= 11 is 0. The number of hydrogen-bond donors (Lipinski definition) is 0. The molecule has 3 heterocycles. The first-order valence-corrected chi connectivity index (χ1v) is 28.7. The number of ether oxygens (including phenoxy) is 1. The van der Waals surface area contributed by atoms with Crippen LogP contribution in [0.3, 0.4) is 0 Å². The number of anilines is 3. The van der Waals surface area contributed by atoms with Crippen molar-refractivity contribution in [3.8, 4) is 22.6 Å². The highest BCUT2D eigenvalue weighted by Crippen LogP contribution is 2.58. The van der Waals surface area contributed by atoms with Crippen LogP contribution in [0.2, 0.25) is 0 Å². The molecule has 0 unspecified atom stereocenters. The van der Waals surface area contributed by atoms with Gasteiger partial charge in [-0.3, -0.25) is 0 Å². The zero-order valence-electron chi connectivity index (χ0n) is 43.2. The van der Waals surface area contributed by atoms with Gasteiger partial charge >= 0.3 is 0 Å². The predicted molar refractivity (Wildman–Crippen MR) is 315 cm³/mol. The van der Waals surface area contributed by atoms with E-state index in [1.807, 2.05) is 0 Å². The SMILES string of the molecule is CC(C)c1cc(C(C)C)c(B2c3ccccc3Oc3cc(-c4cccc(N5c6ccccc6C6(c7ccccc75)c5ccccc5[Si](c5ccccc5)(c5ccccc5)c5ccccc56)c4)ccc32)c(C(C)C)c1. The van der Waals surface area contributed by atoms with Gasteiger partial charge in [-0.2, -0.15) is 0 Å². The molecule has 1 spiro atoms. The summed E-state index contributed by atoms with van der Waals surface area (Å²) in [6, 6.07) is 89.8.